The van der Waals surface area contributed by atoms with Crippen molar-refractivity contribution >= 4 is 11.4 Å². The Kier molecular flexibility index (Phi) is 3.99. The van der Waals surface area contributed by atoms with Crippen LogP contribution in [0.2, 0.25) is 0 Å². The van der Waals surface area contributed by atoms with Crippen LogP contribution in [-0.4, -0.2) is 18.2 Å². The van der Waals surface area contributed by atoms with Gasteiger partial charge in [0, 0.05) is 5.69 Å². The zero-order chi connectivity index (χ0) is 16.5. The number of hydrogen-bond acceptors (Lipinski definition) is 4. The van der Waals surface area contributed by atoms with Gasteiger partial charge < -0.3 is 14.8 Å². The molecule has 7 heteroatoms. The lowest BCUT2D eigenvalue weighted by molar-refractivity contribution is -0.152. The van der Waals surface area contributed by atoms with Gasteiger partial charge in [-0.15, -0.1) is 0 Å². The van der Waals surface area contributed by atoms with Gasteiger partial charge in [-0.1, -0.05) is 6.07 Å². The summed E-state index contributed by atoms with van der Waals surface area (Å²) in [5, 5.41) is 2.90. The van der Waals surface area contributed by atoms with Crippen molar-refractivity contribution in [3.8, 4) is 0 Å². The Hall–Kier alpha value is -2.12. The Balaban J connectivity index is 1.76. The van der Waals surface area contributed by atoms with Gasteiger partial charge >= 0.3 is 6.18 Å². The standard InChI is InChI=1S/C16H15F3N2O2/c1-15(22-7-8-23-15)14-6-5-13(10-20-14)21-12-4-2-3-11(9-12)16(17,18)19/h2-6,9-10,21H,7-8H2,1H3. The number of pyridine rings is 1. The lowest BCUT2D eigenvalue weighted by atomic mass is 10.2. The van der Waals surface area contributed by atoms with Crippen molar-refractivity contribution in [3.05, 3.63) is 53.9 Å². The first-order chi connectivity index (χ1) is 10.9. The highest BCUT2D eigenvalue weighted by Crippen LogP contribution is 2.32. The summed E-state index contributed by atoms with van der Waals surface area (Å²) < 4.78 is 49.1. The lowest BCUT2D eigenvalue weighted by Gasteiger charge is -2.21. The first-order valence-electron chi connectivity index (χ1n) is 7.06. The molecule has 0 spiro atoms. The fourth-order valence-electron chi connectivity index (χ4n) is 2.34. The SMILES string of the molecule is CC1(c2ccc(Nc3cccc(C(F)(F)F)c3)cn2)OCCO1. The lowest BCUT2D eigenvalue weighted by Crippen LogP contribution is -2.23. The molecule has 0 unspecified atom stereocenters. The summed E-state index contributed by atoms with van der Waals surface area (Å²) in [6.07, 6.45) is -2.84. The summed E-state index contributed by atoms with van der Waals surface area (Å²) in [4.78, 5) is 4.27. The maximum atomic E-state index is 12.7. The number of halogens is 3. The highest BCUT2D eigenvalue weighted by molar-refractivity contribution is 5.59. The van der Waals surface area contributed by atoms with Gasteiger partial charge in [-0.3, -0.25) is 4.98 Å². The van der Waals surface area contributed by atoms with Crippen LogP contribution in [0.25, 0.3) is 0 Å². The number of aromatic nitrogens is 1. The molecule has 1 saturated heterocycles. The summed E-state index contributed by atoms with van der Waals surface area (Å²) in [6, 6.07) is 8.45. The number of benzene rings is 1. The number of ether oxygens (including phenoxy) is 2. The minimum Gasteiger partial charge on any atom is -0.354 e. The van der Waals surface area contributed by atoms with E-state index in [1.54, 1.807) is 25.1 Å². The van der Waals surface area contributed by atoms with Crippen LogP contribution in [-0.2, 0) is 21.4 Å². The topological polar surface area (TPSA) is 43.4 Å². The fraction of sp³-hybridized carbons (Fsp3) is 0.312. The van der Waals surface area contributed by atoms with E-state index in [4.69, 9.17) is 9.47 Å². The molecule has 0 radical (unpaired) electrons. The molecule has 1 N–H and O–H groups in total. The van der Waals surface area contributed by atoms with Crippen molar-refractivity contribution in [1.82, 2.24) is 4.98 Å². The van der Waals surface area contributed by atoms with Crippen molar-refractivity contribution in [2.45, 2.75) is 18.9 Å². The van der Waals surface area contributed by atoms with Crippen LogP contribution in [0.15, 0.2) is 42.6 Å². The number of nitrogens with zero attached hydrogens (tertiary/aromatic N) is 1. The van der Waals surface area contributed by atoms with Crippen LogP contribution in [0.4, 0.5) is 24.5 Å². The molecule has 1 aliphatic heterocycles. The molecule has 4 nitrogen and oxygen atoms in total. The van der Waals surface area contributed by atoms with Gasteiger partial charge in [0.25, 0.3) is 0 Å². The highest BCUT2D eigenvalue weighted by atomic mass is 19.4. The Morgan fingerprint density at radius 2 is 1.83 bits per heavy atom. The Morgan fingerprint density at radius 3 is 2.43 bits per heavy atom. The van der Waals surface area contributed by atoms with Gasteiger partial charge in [0.1, 0.15) is 0 Å². The molecule has 1 aromatic carbocycles. The van der Waals surface area contributed by atoms with Crippen LogP contribution >= 0.6 is 0 Å². The minimum atomic E-state index is -4.37. The number of alkyl halides is 3. The third-order valence-corrected chi connectivity index (χ3v) is 3.55. The summed E-state index contributed by atoms with van der Waals surface area (Å²) in [6.45, 7) is 2.78. The van der Waals surface area contributed by atoms with E-state index >= 15 is 0 Å². The van der Waals surface area contributed by atoms with Crippen LogP contribution in [0.1, 0.15) is 18.2 Å². The van der Waals surface area contributed by atoms with Crippen LogP contribution in [0, 0.1) is 0 Å². The maximum absolute atomic E-state index is 12.7. The molecule has 1 aromatic heterocycles. The van der Waals surface area contributed by atoms with E-state index in [0.717, 1.165) is 12.1 Å². The summed E-state index contributed by atoms with van der Waals surface area (Å²) in [5.74, 6) is -0.866. The molecule has 0 atom stereocenters. The first kappa shape index (κ1) is 15.8. The molecule has 0 bridgehead atoms. The van der Waals surface area contributed by atoms with Crippen molar-refractivity contribution in [2.75, 3.05) is 18.5 Å². The molecule has 0 aliphatic carbocycles. The average Bonchev–Trinajstić information content (AvgIpc) is 2.95. The van der Waals surface area contributed by atoms with Gasteiger partial charge in [0.05, 0.1) is 36.4 Å². The Labute approximate surface area is 131 Å². The van der Waals surface area contributed by atoms with E-state index in [-0.39, 0.29) is 0 Å². The normalized spacial score (nSPS) is 17.2. The zero-order valence-corrected chi connectivity index (χ0v) is 12.4. The molecule has 0 amide bonds. The number of nitrogens with one attached hydrogen (secondary N) is 1. The molecule has 122 valence electrons. The summed E-state index contributed by atoms with van der Waals surface area (Å²) in [5.41, 5.74) is 0.834. The molecule has 1 fully saturated rings. The Bertz CT molecular complexity index is 680. The third-order valence-electron chi connectivity index (χ3n) is 3.55. The molecule has 23 heavy (non-hydrogen) atoms. The number of rotatable bonds is 3. The van der Waals surface area contributed by atoms with Gasteiger partial charge in [0.2, 0.25) is 5.79 Å². The summed E-state index contributed by atoms with van der Waals surface area (Å²) in [7, 11) is 0. The monoisotopic (exact) mass is 324 g/mol. The quantitative estimate of drug-likeness (QED) is 0.924. The molecule has 3 rings (SSSR count). The first-order valence-corrected chi connectivity index (χ1v) is 7.06. The van der Waals surface area contributed by atoms with E-state index in [1.807, 2.05) is 0 Å². The predicted octanol–water partition coefficient (Wildman–Crippen LogP) is 4.06. The fourth-order valence-corrected chi connectivity index (χ4v) is 2.34. The van der Waals surface area contributed by atoms with Gasteiger partial charge in [-0.25, -0.2) is 0 Å². The van der Waals surface area contributed by atoms with Gasteiger partial charge in [-0.05, 0) is 37.3 Å². The predicted molar refractivity (Wildman–Crippen MR) is 78.2 cm³/mol. The van der Waals surface area contributed by atoms with E-state index in [2.05, 4.69) is 10.3 Å². The van der Waals surface area contributed by atoms with Crippen LogP contribution in [0.5, 0.6) is 0 Å². The third kappa shape index (κ3) is 3.46. The summed E-state index contributed by atoms with van der Waals surface area (Å²) >= 11 is 0. The van der Waals surface area contributed by atoms with E-state index in [0.29, 0.717) is 30.3 Å². The van der Waals surface area contributed by atoms with E-state index in [9.17, 15) is 13.2 Å². The molecule has 2 heterocycles. The van der Waals surface area contributed by atoms with Crippen molar-refractivity contribution in [3.63, 3.8) is 0 Å². The van der Waals surface area contributed by atoms with E-state index < -0.39 is 17.5 Å². The second-order valence-corrected chi connectivity index (χ2v) is 5.28. The number of hydrogen-bond donors (Lipinski definition) is 1. The van der Waals surface area contributed by atoms with Crippen molar-refractivity contribution in [1.29, 1.82) is 0 Å². The van der Waals surface area contributed by atoms with Crippen LogP contribution < -0.4 is 5.32 Å². The average molecular weight is 324 g/mol. The van der Waals surface area contributed by atoms with E-state index in [1.165, 1.54) is 12.3 Å². The Morgan fingerprint density at radius 1 is 1.09 bits per heavy atom. The van der Waals surface area contributed by atoms with Crippen LogP contribution in [0.3, 0.4) is 0 Å². The number of anilines is 2. The van der Waals surface area contributed by atoms with Crippen molar-refractivity contribution in [2.24, 2.45) is 0 Å². The van der Waals surface area contributed by atoms with Crippen molar-refractivity contribution < 1.29 is 22.6 Å². The molecule has 2 aromatic rings. The molecule has 0 saturated carbocycles. The minimum absolute atomic E-state index is 0.342. The zero-order valence-electron chi connectivity index (χ0n) is 12.4. The molecular formula is C16H15F3N2O2. The molecule has 1 aliphatic rings. The van der Waals surface area contributed by atoms with Gasteiger partial charge in [0.15, 0.2) is 0 Å². The second-order valence-electron chi connectivity index (χ2n) is 5.28. The smallest absolute Gasteiger partial charge is 0.354 e. The maximum Gasteiger partial charge on any atom is 0.416 e. The second kappa shape index (κ2) is 5.82. The highest BCUT2D eigenvalue weighted by Gasteiger charge is 2.34. The molecular weight excluding hydrogens is 309 g/mol. The largest absolute Gasteiger partial charge is 0.416 e. The van der Waals surface area contributed by atoms with Gasteiger partial charge in [-0.2, -0.15) is 13.2 Å².